The maximum absolute atomic E-state index is 3.45. The monoisotopic (exact) mass is 280 g/mol. The Bertz CT molecular complexity index is 358. The second kappa shape index (κ2) is 9.13. The standard InChI is InChI=1S/C16H24N2.ClH/c1-2-12-18(16-10-11-17-14-16)13-6-9-15-7-4-3-5-8-15;/h3-9,16-17H,2,10-14H2,1H3;1H/b9-6+;. The summed E-state index contributed by atoms with van der Waals surface area (Å²) in [5.41, 5.74) is 1.29. The van der Waals surface area contributed by atoms with Crippen LogP contribution in [0.2, 0.25) is 0 Å². The van der Waals surface area contributed by atoms with Gasteiger partial charge in [0.2, 0.25) is 0 Å². The first-order valence-electron chi connectivity index (χ1n) is 7.06. The third-order valence-corrected chi connectivity index (χ3v) is 3.51. The zero-order valence-corrected chi connectivity index (χ0v) is 12.5. The summed E-state index contributed by atoms with van der Waals surface area (Å²) >= 11 is 0. The van der Waals surface area contributed by atoms with Crippen LogP contribution in [0.25, 0.3) is 6.08 Å². The summed E-state index contributed by atoms with van der Waals surface area (Å²) in [6, 6.07) is 11.3. The van der Waals surface area contributed by atoms with Crippen LogP contribution in [0, 0.1) is 0 Å². The van der Waals surface area contributed by atoms with Crippen LogP contribution in [-0.2, 0) is 0 Å². The van der Waals surface area contributed by atoms with Crippen molar-refractivity contribution in [2.45, 2.75) is 25.8 Å². The molecule has 1 fully saturated rings. The molecule has 1 unspecified atom stereocenters. The molecule has 1 saturated heterocycles. The smallest absolute Gasteiger partial charge is 0.0236 e. The topological polar surface area (TPSA) is 15.3 Å². The SMILES string of the molecule is CCCN(C/C=C/c1ccccc1)C1CCNC1.Cl. The quantitative estimate of drug-likeness (QED) is 0.861. The van der Waals surface area contributed by atoms with Crippen molar-refractivity contribution in [1.82, 2.24) is 10.2 Å². The number of hydrogen-bond donors (Lipinski definition) is 1. The third kappa shape index (κ3) is 5.35. The highest BCUT2D eigenvalue weighted by Crippen LogP contribution is 2.10. The van der Waals surface area contributed by atoms with E-state index in [1.807, 2.05) is 0 Å². The largest absolute Gasteiger partial charge is 0.315 e. The van der Waals surface area contributed by atoms with Crippen LogP contribution in [0.4, 0.5) is 0 Å². The Morgan fingerprint density at radius 2 is 2.11 bits per heavy atom. The van der Waals surface area contributed by atoms with Crippen LogP contribution < -0.4 is 5.32 Å². The van der Waals surface area contributed by atoms with Crippen molar-refractivity contribution in [3.63, 3.8) is 0 Å². The molecule has 1 aliphatic heterocycles. The summed E-state index contributed by atoms with van der Waals surface area (Å²) in [6.45, 7) is 6.85. The van der Waals surface area contributed by atoms with E-state index in [1.54, 1.807) is 0 Å². The van der Waals surface area contributed by atoms with Gasteiger partial charge in [-0.3, -0.25) is 4.90 Å². The van der Waals surface area contributed by atoms with Crippen LogP contribution in [0.1, 0.15) is 25.3 Å². The molecule has 1 atom stereocenters. The molecule has 106 valence electrons. The van der Waals surface area contributed by atoms with Gasteiger partial charge in [0, 0.05) is 19.1 Å². The molecule has 0 spiro atoms. The molecule has 1 aromatic carbocycles. The van der Waals surface area contributed by atoms with Crippen LogP contribution in [-0.4, -0.2) is 37.1 Å². The van der Waals surface area contributed by atoms with Gasteiger partial charge in [-0.15, -0.1) is 12.4 Å². The fourth-order valence-corrected chi connectivity index (χ4v) is 2.55. The van der Waals surface area contributed by atoms with Gasteiger partial charge in [-0.05, 0) is 31.5 Å². The number of rotatable bonds is 6. The van der Waals surface area contributed by atoms with E-state index < -0.39 is 0 Å². The number of nitrogens with zero attached hydrogens (tertiary/aromatic N) is 1. The lowest BCUT2D eigenvalue weighted by Crippen LogP contribution is -2.37. The molecule has 3 heteroatoms. The fourth-order valence-electron chi connectivity index (χ4n) is 2.55. The van der Waals surface area contributed by atoms with Gasteiger partial charge in [-0.1, -0.05) is 49.4 Å². The first kappa shape index (κ1) is 16.2. The molecule has 2 nitrogen and oxygen atoms in total. The lowest BCUT2D eigenvalue weighted by atomic mass is 10.2. The average Bonchev–Trinajstić information content (AvgIpc) is 2.93. The maximum Gasteiger partial charge on any atom is 0.0236 e. The van der Waals surface area contributed by atoms with Gasteiger partial charge in [-0.25, -0.2) is 0 Å². The summed E-state index contributed by atoms with van der Waals surface area (Å²) in [6.07, 6.45) is 7.04. The molecular formula is C16H25ClN2. The minimum atomic E-state index is 0. The Morgan fingerprint density at radius 1 is 1.32 bits per heavy atom. The highest BCUT2D eigenvalue weighted by Gasteiger charge is 2.20. The number of halogens is 1. The Morgan fingerprint density at radius 3 is 2.74 bits per heavy atom. The molecule has 0 radical (unpaired) electrons. The van der Waals surface area contributed by atoms with Crippen molar-refractivity contribution in [1.29, 1.82) is 0 Å². The predicted octanol–water partition coefficient (Wildman–Crippen LogP) is 3.20. The summed E-state index contributed by atoms with van der Waals surface area (Å²) in [4.78, 5) is 2.60. The van der Waals surface area contributed by atoms with E-state index in [-0.39, 0.29) is 12.4 Å². The molecule has 1 aromatic rings. The Balaban J connectivity index is 0.00000180. The molecule has 0 aromatic heterocycles. The van der Waals surface area contributed by atoms with E-state index in [4.69, 9.17) is 0 Å². The highest BCUT2D eigenvalue weighted by atomic mass is 35.5. The summed E-state index contributed by atoms with van der Waals surface area (Å²) < 4.78 is 0. The van der Waals surface area contributed by atoms with Crippen LogP contribution in [0.3, 0.4) is 0 Å². The molecule has 1 aliphatic rings. The Labute approximate surface area is 123 Å². The molecule has 0 amide bonds. The van der Waals surface area contributed by atoms with Crippen molar-refractivity contribution in [3.05, 3.63) is 42.0 Å². The van der Waals surface area contributed by atoms with Gasteiger partial charge in [-0.2, -0.15) is 0 Å². The summed E-state index contributed by atoms with van der Waals surface area (Å²) in [7, 11) is 0. The van der Waals surface area contributed by atoms with Gasteiger partial charge in [0.05, 0.1) is 0 Å². The molecule has 1 heterocycles. The van der Waals surface area contributed by atoms with Crippen molar-refractivity contribution in [3.8, 4) is 0 Å². The van der Waals surface area contributed by atoms with E-state index in [1.165, 1.54) is 31.5 Å². The molecule has 1 N–H and O–H groups in total. The van der Waals surface area contributed by atoms with Gasteiger partial charge in [0.15, 0.2) is 0 Å². The fraction of sp³-hybridized carbons (Fsp3) is 0.500. The summed E-state index contributed by atoms with van der Waals surface area (Å²) in [5.74, 6) is 0. The minimum absolute atomic E-state index is 0. The van der Waals surface area contributed by atoms with E-state index in [0.29, 0.717) is 0 Å². The van der Waals surface area contributed by atoms with Gasteiger partial charge in [0.25, 0.3) is 0 Å². The zero-order valence-electron chi connectivity index (χ0n) is 11.7. The second-order valence-corrected chi connectivity index (χ2v) is 4.95. The molecule has 2 rings (SSSR count). The van der Waals surface area contributed by atoms with E-state index in [2.05, 4.69) is 59.6 Å². The Hall–Kier alpha value is -0.830. The van der Waals surface area contributed by atoms with Gasteiger partial charge >= 0.3 is 0 Å². The highest BCUT2D eigenvalue weighted by molar-refractivity contribution is 5.85. The maximum atomic E-state index is 3.45. The molecular weight excluding hydrogens is 256 g/mol. The molecule has 0 saturated carbocycles. The van der Waals surface area contributed by atoms with Crippen molar-refractivity contribution < 1.29 is 0 Å². The van der Waals surface area contributed by atoms with Crippen molar-refractivity contribution >= 4 is 18.5 Å². The zero-order chi connectivity index (χ0) is 12.6. The molecule has 19 heavy (non-hydrogen) atoms. The van der Waals surface area contributed by atoms with Crippen molar-refractivity contribution in [2.24, 2.45) is 0 Å². The van der Waals surface area contributed by atoms with Gasteiger partial charge in [0.1, 0.15) is 0 Å². The van der Waals surface area contributed by atoms with E-state index >= 15 is 0 Å². The van der Waals surface area contributed by atoms with E-state index in [0.717, 1.165) is 19.1 Å². The molecule has 0 aliphatic carbocycles. The summed E-state index contributed by atoms with van der Waals surface area (Å²) in [5, 5.41) is 3.45. The number of hydrogen-bond acceptors (Lipinski definition) is 2. The third-order valence-electron chi connectivity index (χ3n) is 3.51. The first-order valence-corrected chi connectivity index (χ1v) is 7.06. The minimum Gasteiger partial charge on any atom is -0.315 e. The van der Waals surface area contributed by atoms with Crippen molar-refractivity contribution in [2.75, 3.05) is 26.2 Å². The Kier molecular flexibility index (Phi) is 7.80. The number of benzene rings is 1. The van der Waals surface area contributed by atoms with E-state index in [9.17, 15) is 0 Å². The van der Waals surface area contributed by atoms with Crippen LogP contribution in [0.15, 0.2) is 36.4 Å². The predicted molar refractivity (Wildman–Crippen MR) is 85.9 cm³/mol. The molecule has 0 bridgehead atoms. The number of nitrogens with one attached hydrogen (secondary N) is 1. The van der Waals surface area contributed by atoms with Crippen LogP contribution in [0.5, 0.6) is 0 Å². The first-order chi connectivity index (χ1) is 8.90. The lowest BCUT2D eigenvalue weighted by Gasteiger charge is -2.26. The average molecular weight is 281 g/mol. The normalized spacial score (nSPS) is 18.9. The lowest BCUT2D eigenvalue weighted by molar-refractivity contribution is 0.231. The second-order valence-electron chi connectivity index (χ2n) is 4.95. The van der Waals surface area contributed by atoms with Gasteiger partial charge < -0.3 is 5.32 Å². The van der Waals surface area contributed by atoms with Crippen LogP contribution >= 0.6 is 12.4 Å².